The lowest BCUT2D eigenvalue weighted by Gasteiger charge is -2.46. The van der Waals surface area contributed by atoms with Gasteiger partial charge < -0.3 is 4.42 Å². The molecule has 0 N–H and O–H groups in total. The number of hydrogen-bond donors (Lipinski definition) is 0. The number of rotatable bonds is 5. The summed E-state index contributed by atoms with van der Waals surface area (Å²) in [6.07, 6.45) is 0. The van der Waals surface area contributed by atoms with Gasteiger partial charge in [0.15, 0.2) is 23.3 Å². The summed E-state index contributed by atoms with van der Waals surface area (Å²) in [5.74, 6) is 2.49. The van der Waals surface area contributed by atoms with Crippen LogP contribution in [0.25, 0.3) is 110 Å². The normalized spacial score (nSPS) is 13.9. The van der Waals surface area contributed by atoms with E-state index in [1.54, 1.807) is 11.3 Å². The van der Waals surface area contributed by atoms with E-state index in [-0.39, 0.29) is 5.41 Å². The molecular formula is C65H41N5OS. The smallest absolute Gasteiger partial charge is 0.164 e. The Kier molecular flexibility index (Phi) is 8.69. The second-order valence-electron chi connectivity index (χ2n) is 19.5. The van der Waals surface area contributed by atoms with E-state index in [1.165, 1.54) is 38.1 Å². The first-order chi connectivity index (χ1) is 35.4. The quantitative estimate of drug-likeness (QED) is 0.171. The topological polar surface area (TPSA) is 77.6 Å². The molecule has 2 aliphatic rings. The highest BCUT2D eigenvalue weighted by Gasteiger charge is 2.54. The maximum Gasteiger partial charge on any atom is 0.164 e. The van der Waals surface area contributed by atoms with Gasteiger partial charge in [0, 0.05) is 54.1 Å². The van der Waals surface area contributed by atoms with E-state index < -0.39 is 5.41 Å². The SMILES string of the molecule is CC1(C)c2ccccc2C2(c3ccc(-c4nc(-c5ccc6c(c5)oc5ccccc56)c5sc6ccccc6c5n4)cc3-c3c(-c4nc(-c5ccccc5)nc(-c5ccccc5)n4)cccc32)c2ccccc21. The number of fused-ring (bicyclic) bond motifs is 15. The minimum absolute atomic E-state index is 0.253. The van der Waals surface area contributed by atoms with Crippen LogP contribution in [-0.4, -0.2) is 24.9 Å². The molecule has 0 unspecified atom stereocenters. The first kappa shape index (κ1) is 40.9. The second-order valence-corrected chi connectivity index (χ2v) is 20.5. The first-order valence-electron chi connectivity index (χ1n) is 24.4. The van der Waals surface area contributed by atoms with Crippen LogP contribution in [0.15, 0.2) is 217 Å². The van der Waals surface area contributed by atoms with E-state index >= 15 is 0 Å². The molecule has 338 valence electrons. The van der Waals surface area contributed by atoms with Crippen molar-refractivity contribution < 1.29 is 4.42 Å². The Balaban J connectivity index is 1.02. The Morgan fingerprint density at radius 2 is 0.944 bits per heavy atom. The number of para-hydroxylation sites is 1. The van der Waals surface area contributed by atoms with Crippen molar-refractivity contribution in [2.24, 2.45) is 0 Å². The van der Waals surface area contributed by atoms with Gasteiger partial charge in [-0.3, -0.25) is 0 Å². The van der Waals surface area contributed by atoms with Crippen LogP contribution in [0.4, 0.5) is 0 Å². The molecule has 0 fully saturated rings. The molecule has 0 aliphatic heterocycles. The van der Waals surface area contributed by atoms with E-state index in [0.29, 0.717) is 23.3 Å². The number of nitrogens with zero attached hydrogens (tertiary/aromatic N) is 5. The van der Waals surface area contributed by atoms with Crippen molar-refractivity contribution in [1.29, 1.82) is 0 Å². The standard InChI is InChI=1S/C65H41N5OS/c1-64(2)48-25-11-13-27-50(48)65(51-28-14-12-26-49(51)64)47-35-33-41(36-46(47)56-45(24-17-29-52(56)65)63-69-60(38-18-5-3-6-19-38)68-61(70-63)39-20-7-4-8-21-39)62-66-57(59-58(67-62)44-23-10-16-31-55(44)72-59)40-32-34-43-42-22-9-15-30-53(42)71-54(43)37-40/h3-37H,1-2H3. The minimum atomic E-state index is -0.666. The molecule has 0 amide bonds. The summed E-state index contributed by atoms with van der Waals surface area (Å²) in [6.45, 7) is 4.72. The van der Waals surface area contributed by atoms with Crippen molar-refractivity contribution in [3.63, 3.8) is 0 Å². The zero-order valence-electron chi connectivity index (χ0n) is 39.3. The van der Waals surface area contributed by atoms with E-state index in [4.69, 9.17) is 29.3 Å². The lowest BCUT2D eigenvalue weighted by atomic mass is 9.55. The van der Waals surface area contributed by atoms with Gasteiger partial charge in [0.25, 0.3) is 0 Å². The molecule has 72 heavy (non-hydrogen) atoms. The summed E-state index contributed by atoms with van der Waals surface area (Å²) in [5.41, 5.74) is 17.0. The predicted molar refractivity (Wildman–Crippen MR) is 292 cm³/mol. The molecule has 0 radical (unpaired) electrons. The molecule has 4 aromatic heterocycles. The Hall–Kier alpha value is -8.91. The summed E-state index contributed by atoms with van der Waals surface area (Å²) in [5, 5.41) is 3.29. The fourth-order valence-electron chi connectivity index (χ4n) is 12.0. The maximum absolute atomic E-state index is 6.46. The zero-order valence-corrected chi connectivity index (χ0v) is 40.1. The monoisotopic (exact) mass is 939 g/mol. The highest BCUT2D eigenvalue weighted by molar-refractivity contribution is 7.26. The van der Waals surface area contributed by atoms with Gasteiger partial charge in [-0.2, -0.15) is 0 Å². The Labute approximate surface area is 419 Å². The van der Waals surface area contributed by atoms with Crippen LogP contribution in [0.5, 0.6) is 0 Å². The zero-order chi connectivity index (χ0) is 47.7. The van der Waals surface area contributed by atoms with E-state index in [1.807, 2.05) is 48.5 Å². The van der Waals surface area contributed by atoms with Crippen molar-refractivity contribution in [3.05, 3.63) is 246 Å². The number of aromatic nitrogens is 5. The molecule has 9 aromatic carbocycles. The highest BCUT2D eigenvalue weighted by Crippen LogP contribution is 2.63. The third kappa shape index (κ3) is 5.80. The number of benzene rings is 9. The molecular weight excluding hydrogens is 899 g/mol. The van der Waals surface area contributed by atoms with Gasteiger partial charge in [-0.1, -0.05) is 196 Å². The van der Waals surface area contributed by atoms with Crippen LogP contribution in [0.1, 0.15) is 47.2 Å². The van der Waals surface area contributed by atoms with Crippen molar-refractivity contribution in [1.82, 2.24) is 24.9 Å². The molecule has 6 nitrogen and oxygen atoms in total. The van der Waals surface area contributed by atoms with Crippen LogP contribution >= 0.6 is 11.3 Å². The molecule has 7 heteroatoms. The average molecular weight is 940 g/mol. The lowest BCUT2D eigenvalue weighted by molar-refractivity contribution is 0.563. The van der Waals surface area contributed by atoms with Crippen LogP contribution in [0, 0.1) is 0 Å². The van der Waals surface area contributed by atoms with E-state index in [2.05, 4.69) is 178 Å². The van der Waals surface area contributed by atoms with Gasteiger partial charge in [0.2, 0.25) is 0 Å². The number of thiophene rings is 1. The molecule has 0 atom stereocenters. The Morgan fingerprint density at radius 1 is 0.375 bits per heavy atom. The van der Waals surface area contributed by atoms with Crippen molar-refractivity contribution in [2.45, 2.75) is 24.7 Å². The summed E-state index contributed by atoms with van der Waals surface area (Å²) in [7, 11) is 0. The maximum atomic E-state index is 6.46. The lowest BCUT2D eigenvalue weighted by Crippen LogP contribution is -2.40. The number of furan rings is 1. The van der Waals surface area contributed by atoms with E-state index in [0.717, 1.165) is 82.2 Å². The van der Waals surface area contributed by atoms with Crippen LogP contribution in [-0.2, 0) is 10.8 Å². The molecule has 4 heterocycles. The summed E-state index contributed by atoms with van der Waals surface area (Å²) < 4.78 is 8.67. The fraction of sp³-hybridized carbons (Fsp3) is 0.0615. The third-order valence-corrected chi connectivity index (χ3v) is 16.4. The summed E-state index contributed by atoms with van der Waals surface area (Å²) in [6, 6.07) is 75.4. The minimum Gasteiger partial charge on any atom is -0.456 e. The van der Waals surface area contributed by atoms with Gasteiger partial charge in [0.05, 0.1) is 21.3 Å². The van der Waals surface area contributed by atoms with Crippen LogP contribution < -0.4 is 0 Å². The molecule has 13 aromatic rings. The van der Waals surface area contributed by atoms with Gasteiger partial charge in [-0.25, -0.2) is 24.9 Å². The molecule has 0 saturated carbocycles. The predicted octanol–water partition coefficient (Wildman–Crippen LogP) is 16.3. The molecule has 0 bridgehead atoms. The van der Waals surface area contributed by atoms with E-state index in [9.17, 15) is 0 Å². The van der Waals surface area contributed by atoms with Crippen LogP contribution in [0.3, 0.4) is 0 Å². The number of hydrogen-bond acceptors (Lipinski definition) is 7. The molecule has 0 saturated heterocycles. The second kappa shape index (κ2) is 15.3. The first-order valence-corrected chi connectivity index (χ1v) is 25.2. The third-order valence-electron chi connectivity index (χ3n) is 15.2. The van der Waals surface area contributed by atoms with Crippen molar-refractivity contribution >= 4 is 53.6 Å². The summed E-state index contributed by atoms with van der Waals surface area (Å²) >= 11 is 1.73. The van der Waals surface area contributed by atoms with Crippen molar-refractivity contribution in [3.8, 4) is 67.9 Å². The average Bonchev–Trinajstić information content (AvgIpc) is 4.11. The molecule has 2 aliphatic carbocycles. The van der Waals surface area contributed by atoms with Gasteiger partial charge >= 0.3 is 0 Å². The van der Waals surface area contributed by atoms with Gasteiger partial charge in [-0.05, 0) is 74.8 Å². The van der Waals surface area contributed by atoms with Crippen molar-refractivity contribution in [2.75, 3.05) is 0 Å². The molecule has 15 rings (SSSR count). The van der Waals surface area contributed by atoms with Crippen LogP contribution in [0.2, 0.25) is 0 Å². The Morgan fingerprint density at radius 3 is 1.67 bits per heavy atom. The highest BCUT2D eigenvalue weighted by atomic mass is 32.1. The van der Waals surface area contributed by atoms with Gasteiger partial charge in [0.1, 0.15) is 11.2 Å². The fourth-order valence-corrected chi connectivity index (χ4v) is 13.2. The molecule has 1 spiro atoms. The largest absolute Gasteiger partial charge is 0.456 e. The van der Waals surface area contributed by atoms with Gasteiger partial charge in [-0.15, -0.1) is 11.3 Å². The Bertz CT molecular complexity index is 4280. The summed E-state index contributed by atoms with van der Waals surface area (Å²) in [4.78, 5) is 26.9.